The zero-order valence-corrected chi connectivity index (χ0v) is 18.6. The lowest BCUT2D eigenvalue weighted by molar-refractivity contribution is -0.141. The summed E-state index contributed by atoms with van der Waals surface area (Å²) in [6, 6.07) is 10.2. The van der Waals surface area contributed by atoms with Crippen molar-refractivity contribution in [3.05, 3.63) is 63.6 Å². The second-order valence-corrected chi connectivity index (χ2v) is 8.74. The number of sulfonamides is 1. The minimum absolute atomic E-state index is 0.0657. The Morgan fingerprint density at radius 3 is 2.26 bits per heavy atom. The van der Waals surface area contributed by atoms with Crippen LogP contribution in [-0.2, 0) is 30.9 Å². The summed E-state index contributed by atoms with van der Waals surface area (Å²) in [6.45, 7) is -0.765. The van der Waals surface area contributed by atoms with Gasteiger partial charge in [-0.3, -0.25) is 14.4 Å². The molecule has 12 heteroatoms. The van der Waals surface area contributed by atoms with Crippen molar-refractivity contribution in [2.75, 3.05) is 20.2 Å². The number of hydrogen-bond donors (Lipinski definition) is 3. The highest BCUT2D eigenvalue weighted by molar-refractivity contribution is 7.89. The molecule has 0 aliphatic rings. The van der Waals surface area contributed by atoms with Crippen molar-refractivity contribution in [1.82, 2.24) is 15.4 Å². The zero-order valence-electron chi connectivity index (χ0n) is 16.3. The number of rotatable bonds is 9. The van der Waals surface area contributed by atoms with Crippen LogP contribution in [0.5, 0.6) is 0 Å². The molecule has 166 valence electrons. The molecule has 9 nitrogen and oxygen atoms in total. The Morgan fingerprint density at radius 1 is 0.968 bits per heavy atom. The van der Waals surface area contributed by atoms with Gasteiger partial charge in [-0.15, -0.1) is 0 Å². The lowest BCUT2D eigenvalue weighted by Crippen LogP contribution is -2.39. The summed E-state index contributed by atoms with van der Waals surface area (Å²) in [7, 11) is -2.78. The molecule has 0 saturated carbocycles. The maximum Gasteiger partial charge on any atom is 0.325 e. The number of amides is 2. The number of nitrogens with one attached hydrogen (secondary N) is 3. The molecule has 0 aliphatic heterocycles. The van der Waals surface area contributed by atoms with Gasteiger partial charge in [-0.2, -0.15) is 0 Å². The summed E-state index contributed by atoms with van der Waals surface area (Å²) in [5.74, 6) is -1.75. The van der Waals surface area contributed by atoms with Crippen LogP contribution in [0.4, 0.5) is 0 Å². The highest BCUT2D eigenvalue weighted by Gasteiger charge is 2.16. The van der Waals surface area contributed by atoms with Gasteiger partial charge in [-0.05, 0) is 35.9 Å². The molecule has 0 bridgehead atoms. The molecule has 0 saturated heterocycles. The summed E-state index contributed by atoms with van der Waals surface area (Å²) in [4.78, 5) is 34.7. The minimum Gasteiger partial charge on any atom is -0.468 e. The number of halogens is 2. The van der Waals surface area contributed by atoms with Crippen LogP contribution < -0.4 is 15.4 Å². The SMILES string of the molecule is COC(=O)CNC(=O)CNS(=O)(=O)c1ccc(CNC(=O)c2ccc(Cl)cc2Cl)cc1. The molecule has 3 N–H and O–H groups in total. The van der Waals surface area contributed by atoms with Crippen molar-refractivity contribution in [2.45, 2.75) is 11.4 Å². The van der Waals surface area contributed by atoms with Gasteiger partial charge in [0.2, 0.25) is 15.9 Å². The number of carbonyl (C=O) groups is 3. The number of esters is 1. The van der Waals surface area contributed by atoms with Crippen LogP contribution in [0.15, 0.2) is 47.4 Å². The maximum atomic E-state index is 12.3. The standard InChI is InChI=1S/C19H19Cl2N3O6S/c1-30-18(26)11-22-17(25)10-24-31(28,29)14-5-2-12(3-6-14)9-23-19(27)15-7-4-13(20)8-16(15)21/h2-8,24H,9-11H2,1H3,(H,22,25)(H,23,27). The molecule has 0 atom stereocenters. The average molecular weight is 488 g/mol. The van der Waals surface area contributed by atoms with Gasteiger partial charge < -0.3 is 15.4 Å². The second-order valence-electron chi connectivity index (χ2n) is 6.13. The molecular weight excluding hydrogens is 469 g/mol. The summed E-state index contributed by atoms with van der Waals surface area (Å²) in [5, 5.41) is 5.52. The Morgan fingerprint density at radius 2 is 1.65 bits per heavy atom. The molecule has 0 unspecified atom stereocenters. The third-order valence-corrected chi connectivity index (χ3v) is 5.91. The molecule has 0 heterocycles. The Bertz CT molecular complexity index is 1070. The van der Waals surface area contributed by atoms with E-state index in [2.05, 4.69) is 20.1 Å². The second kappa shape index (κ2) is 11.1. The lowest BCUT2D eigenvalue weighted by atomic mass is 10.2. The Labute approximate surface area is 189 Å². The monoisotopic (exact) mass is 487 g/mol. The highest BCUT2D eigenvalue weighted by Crippen LogP contribution is 2.21. The van der Waals surface area contributed by atoms with Crippen LogP contribution in [0.2, 0.25) is 10.0 Å². The van der Waals surface area contributed by atoms with Gasteiger partial charge in [-0.1, -0.05) is 35.3 Å². The van der Waals surface area contributed by atoms with Crippen LogP contribution in [0, 0.1) is 0 Å². The molecule has 2 amide bonds. The summed E-state index contributed by atoms with van der Waals surface area (Å²) in [6.07, 6.45) is 0. The summed E-state index contributed by atoms with van der Waals surface area (Å²) >= 11 is 11.8. The van der Waals surface area contributed by atoms with E-state index in [1.807, 2.05) is 0 Å². The van der Waals surface area contributed by atoms with Crippen molar-refractivity contribution in [3.63, 3.8) is 0 Å². The fourth-order valence-electron chi connectivity index (χ4n) is 2.29. The first-order valence-electron chi connectivity index (χ1n) is 8.78. The van der Waals surface area contributed by atoms with E-state index >= 15 is 0 Å². The van der Waals surface area contributed by atoms with Gasteiger partial charge in [0.05, 0.1) is 29.1 Å². The van der Waals surface area contributed by atoms with Gasteiger partial charge in [0, 0.05) is 11.6 Å². The van der Waals surface area contributed by atoms with E-state index < -0.39 is 34.4 Å². The van der Waals surface area contributed by atoms with Crippen LogP contribution in [0.25, 0.3) is 0 Å². The first kappa shape index (κ1) is 24.6. The van der Waals surface area contributed by atoms with Gasteiger partial charge in [0.1, 0.15) is 6.54 Å². The van der Waals surface area contributed by atoms with Crippen LogP contribution in [0.1, 0.15) is 15.9 Å². The smallest absolute Gasteiger partial charge is 0.325 e. The number of carbonyl (C=O) groups excluding carboxylic acids is 3. The third-order valence-electron chi connectivity index (χ3n) is 3.94. The molecule has 0 radical (unpaired) electrons. The predicted molar refractivity (Wildman–Crippen MR) is 114 cm³/mol. The van der Waals surface area contributed by atoms with E-state index in [1.54, 1.807) is 6.07 Å². The van der Waals surface area contributed by atoms with Crippen molar-refractivity contribution in [1.29, 1.82) is 0 Å². The fourth-order valence-corrected chi connectivity index (χ4v) is 3.76. The lowest BCUT2D eigenvalue weighted by Gasteiger charge is -2.09. The predicted octanol–water partition coefficient (Wildman–Crippen LogP) is 1.49. The Kier molecular flexibility index (Phi) is 8.81. The maximum absolute atomic E-state index is 12.3. The van der Waals surface area contributed by atoms with Gasteiger partial charge in [0.25, 0.3) is 5.91 Å². The van der Waals surface area contributed by atoms with Crippen LogP contribution in [-0.4, -0.2) is 46.4 Å². The van der Waals surface area contributed by atoms with Crippen molar-refractivity contribution >= 4 is 51.0 Å². The van der Waals surface area contributed by atoms with Crippen LogP contribution >= 0.6 is 23.2 Å². The van der Waals surface area contributed by atoms with Crippen LogP contribution in [0.3, 0.4) is 0 Å². The van der Waals surface area contributed by atoms with E-state index in [9.17, 15) is 22.8 Å². The number of ether oxygens (including phenoxy) is 1. The number of methoxy groups -OCH3 is 1. The molecule has 0 aliphatic carbocycles. The molecule has 0 fully saturated rings. The largest absolute Gasteiger partial charge is 0.468 e. The van der Waals surface area contributed by atoms with E-state index in [1.165, 1.54) is 43.5 Å². The minimum atomic E-state index is -3.94. The highest BCUT2D eigenvalue weighted by atomic mass is 35.5. The molecule has 0 spiro atoms. The quantitative estimate of drug-likeness (QED) is 0.459. The number of benzene rings is 2. The van der Waals surface area contributed by atoms with Crippen molar-refractivity contribution in [2.24, 2.45) is 0 Å². The summed E-state index contributed by atoms with van der Waals surface area (Å²) in [5.41, 5.74) is 0.910. The van der Waals surface area contributed by atoms with E-state index in [-0.39, 0.29) is 28.6 Å². The topological polar surface area (TPSA) is 131 Å². The van der Waals surface area contributed by atoms with Gasteiger partial charge in [-0.25, -0.2) is 13.1 Å². The first-order valence-corrected chi connectivity index (χ1v) is 11.0. The van der Waals surface area contributed by atoms with Gasteiger partial charge in [0.15, 0.2) is 0 Å². The average Bonchev–Trinajstić information content (AvgIpc) is 2.74. The fraction of sp³-hybridized carbons (Fsp3) is 0.211. The van der Waals surface area contributed by atoms with E-state index in [0.29, 0.717) is 10.6 Å². The Balaban J connectivity index is 1.90. The molecule has 0 aromatic heterocycles. The molecule has 31 heavy (non-hydrogen) atoms. The van der Waals surface area contributed by atoms with Crippen molar-refractivity contribution in [3.8, 4) is 0 Å². The third kappa shape index (κ3) is 7.51. The van der Waals surface area contributed by atoms with Gasteiger partial charge >= 0.3 is 5.97 Å². The molecule has 2 aromatic carbocycles. The first-order chi connectivity index (χ1) is 14.6. The van der Waals surface area contributed by atoms with E-state index in [0.717, 1.165) is 0 Å². The molecular formula is C19H19Cl2N3O6S. The van der Waals surface area contributed by atoms with E-state index in [4.69, 9.17) is 23.2 Å². The number of hydrogen-bond acceptors (Lipinski definition) is 6. The molecule has 2 aromatic rings. The van der Waals surface area contributed by atoms with Crippen molar-refractivity contribution < 1.29 is 27.5 Å². The Hall–Kier alpha value is -2.66. The normalized spacial score (nSPS) is 10.9. The zero-order chi connectivity index (χ0) is 23.0. The molecule has 2 rings (SSSR count). The summed E-state index contributed by atoms with van der Waals surface area (Å²) < 4.78 is 31.1.